The molecule has 0 atom stereocenters. The summed E-state index contributed by atoms with van der Waals surface area (Å²) in [4.78, 5) is 4.10. The monoisotopic (exact) mass is 264 g/mol. The highest BCUT2D eigenvalue weighted by Gasteiger charge is 2.04. The summed E-state index contributed by atoms with van der Waals surface area (Å²) in [6.45, 7) is 2.80. The SMILES string of the molecule is Cc1cnccc1NCc1ccccc1-n1cccn1. The highest BCUT2D eigenvalue weighted by molar-refractivity contribution is 5.50. The molecule has 0 aliphatic rings. The number of rotatable bonds is 4. The minimum atomic E-state index is 0.751. The Morgan fingerprint density at radius 2 is 2.00 bits per heavy atom. The molecule has 4 heteroatoms. The first-order valence-corrected chi connectivity index (χ1v) is 6.57. The lowest BCUT2D eigenvalue weighted by molar-refractivity contribution is 0.864. The van der Waals surface area contributed by atoms with Gasteiger partial charge < -0.3 is 5.32 Å². The number of hydrogen-bond acceptors (Lipinski definition) is 3. The van der Waals surface area contributed by atoms with Crippen molar-refractivity contribution in [3.8, 4) is 5.69 Å². The van der Waals surface area contributed by atoms with E-state index in [0.717, 1.165) is 23.5 Å². The minimum Gasteiger partial charge on any atom is -0.381 e. The van der Waals surface area contributed by atoms with E-state index >= 15 is 0 Å². The van der Waals surface area contributed by atoms with Gasteiger partial charge in [0.1, 0.15) is 0 Å². The third-order valence-electron chi connectivity index (χ3n) is 3.23. The number of nitrogens with one attached hydrogen (secondary N) is 1. The second kappa shape index (κ2) is 5.57. The summed E-state index contributed by atoms with van der Waals surface area (Å²) in [6.07, 6.45) is 7.41. The van der Waals surface area contributed by atoms with Gasteiger partial charge >= 0.3 is 0 Å². The van der Waals surface area contributed by atoms with Crippen molar-refractivity contribution >= 4 is 5.69 Å². The maximum Gasteiger partial charge on any atom is 0.0695 e. The lowest BCUT2D eigenvalue weighted by Gasteiger charge is -2.12. The standard InChI is InChI=1S/C16H16N4/c1-13-11-17-9-7-15(13)18-12-14-5-2-3-6-16(14)20-10-4-8-19-20/h2-11H,12H2,1H3,(H,17,18). The summed E-state index contributed by atoms with van der Waals surface area (Å²) in [5.41, 5.74) is 4.54. The van der Waals surface area contributed by atoms with Gasteiger partial charge in [0.15, 0.2) is 0 Å². The first-order chi connectivity index (χ1) is 9.84. The van der Waals surface area contributed by atoms with Gasteiger partial charge in [-0.1, -0.05) is 18.2 Å². The third kappa shape index (κ3) is 2.54. The average Bonchev–Trinajstić information content (AvgIpc) is 3.01. The first kappa shape index (κ1) is 12.4. The van der Waals surface area contributed by atoms with Crippen LogP contribution in [0.1, 0.15) is 11.1 Å². The maximum absolute atomic E-state index is 4.30. The van der Waals surface area contributed by atoms with Crippen LogP contribution in [0.3, 0.4) is 0 Å². The minimum absolute atomic E-state index is 0.751. The molecular weight excluding hydrogens is 248 g/mol. The van der Waals surface area contributed by atoms with Crippen molar-refractivity contribution in [1.29, 1.82) is 0 Å². The van der Waals surface area contributed by atoms with Crippen LogP contribution >= 0.6 is 0 Å². The molecule has 20 heavy (non-hydrogen) atoms. The summed E-state index contributed by atoms with van der Waals surface area (Å²) >= 11 is 0. The smallest absolute Gasteiger partial charge is 0.0695 e. The van der Waals surface area contributed by atoms with E-state index in [0.29, 0.717) is 0 Å². The van der Waals surface area contributed by atoms with Crippen LogP contribution < -0.4 is 5.32 Å². The van der Waals surface area contributed by atoms with E-state index < -0.39 is 0 Å². The van der Waals surface area contributed by atoms with Crippen LogP contribution in [0.2, 0.25) is 0 Å². The number of hydrogen-bond donors (Lipinski definition) is 1. The zero-order chi connectivity index (χ0) is 13.8. The van der Waals surface area contributed by atoms with Crippen molar-refractivity contribution in [2.75, 3.05) is 5.32 Å². The number of anilines is 1. The van der Waals surface area contributed by atoms with Gasteiger partial charge in [0, 0.05) is 37.0 Å². The molecule has 1 aromatic carbocycles. The predicted octanol–water partition coefficient (Wildman–Crippen LogP) is 3.19. The van der Waals surface area contributed by atoms with E-state index in [2.05, 4.69) is 34.5 Å². The third-order valence-corrected chi connectivity index (χ3v) is 3.23. The Morgan fingerprint density at radius 1 is 1.10 bits per heavy atom. The zero-order valence-electron chi connectivity index (χ0n) is 11.3. The van der Waals surface area contributed by atoms with Gasteiger partial charge in [-0.05, 0) is 36.2 Å². The van der Waals surface area contributed by atoms with Gasteiger partial charge in [0.25, 0.3) is 0 Å². The molecule has 0 bridgehead atoms. The predicted molar refractivity (Wildman–Crippen MR) is 79.9 cm³/mol. The average molecular weight is 264 g/mol. The fourth-order valence-electron chi connectivity index (χ4n) is 2.16. The van der Waals surface area contributed by atoms with Crippen LogP contribution in [-0.4, -0.2) is 14.8 Å². The van der Waals surface area contributed by atoms with Crippen molar-refractivity contribution in [1.82, 2.24) is 14.8 Å². The Hall–Kier alpha value is -2.62. The normalized spacial score (nSPS) is 10.4. The second-order valence-corrected chi connectivity index (χ2v) is 4.62. The fraction of sp³-hybridized carbons (Fsp3) is 0.125. The molecule has 3 rings (SSSR count). The largest absolute Gasteiger partial charge is 0.381 e. The summed E-state index contributed by atoms with van der Waals surface area (Å²) in [5.74, 6) is 0. The summed E-state index contributed by atoms with van der Waals surface area (Å²) in [6, 6.07) is 12.2. The van der Waals surface area contributed by atoms with E-state index in [4.69, 9.17) is 0 Å². The molecule has 0 radical (unpaired) electrons. The molecule has 2 aromatic heterocycles. The van der Waals surface area contributed by atoms with Crippen molar-refractivity contribution in [2.45, 2.75) is 13.5 Å². The van der Waals surface area contributed by atoms with Crippen LogP contribution in [0.15, 0.2) is 61.2 Å². The molecular formula is C16H16N4. The van der Waals surface area contributed by atoms with Gasteiger partial charge in [-0.15, -0.1) is 0 Å². The summed E-state index contributed by atoms with van der Waals surface area (Å²) in [5, 5.41) is 7.75. The van der Waals surface area contributed by atoms with E-state index in [1.54, 1.807) is 12.4 Å². The zero-order valence-corrected chi connectivity index (χ0v) is 11.3. The Balaban J connectivity index is 1.84. The van der Waals surface area contributed by atoms with E-state index in [1.165, 1.54) is 5.56 Å². The van der Waals surface area contributed by atoms with Gasteiger partial charge in [0.2, 0.25) is 0 Å². The molecule has 0 saturated carbocycles. The highest BCUT2D eigenvalue weighted by atomic mass is 15.3. The maximum atomic E-state index is 4.30. The molecule has 2 heterocycles. The highest BCUT2D eigenvalue weighted by Crippen LogP contribution is 2.17. The van der Waals surface area contributed by atoms with Crippen molar-refractivity contribution in [3.05, 3.63) is 72.3 Å². The van der Waals surface area contributed by atoms with Crippen molar-refractivity contribution in [3.63, 3.8) is 0 Å². The molecule has 0 spiro atoms. The van der Waals surface area contributed by atoms with Crippen LogP contribution in [0.5, 0.6) is 0 Å². The van der Waals surface area contributed by atoms with E-state index in [1.807, 2.05) is 41.3 Å². The first-order valence-electron chi connectivity index (χ1n) is 6.57. The van der Waals surface area contributed by atoms with Gasteiger partial charge in [-0.25, -0.2) is 4.68 Å². The van der Waals surface area contributed by atoms with Gasteiger partial charge in [0.05, 0.1) is 5.69 Å². The summed E-state index contributed by atoms with van der Waals surface area (Å²) in [7, 11) is 0. The lowest BCUT2D eigenvalue weighted by Crippen LogP contribution is -2.06. The topological polar surface area (TPSA) is 42.7 Å². The number of benzene rings is 1. The summed E-state index contributed by atoms with van der Waals surface area (Å²) < 4.78 is 1.89. The van der Waals surface area contributed by atoms with Crippen molar-refractivity contribution in [2.24, 2.45) is 0 Å². The van der Waals surface area contributed by atoms with Crippen molar-refractivity contribution < 1.29 is 0 Å². The molecule has 0 aliphatic carbocycles. The molecule has 0 aliphatic heterocycles. The number of para-hydroxylation sites is 1. The molecule has 0 amide bonds. The van der Waals surface area contributed by atoms with E-state index in [9.17, 15) is 0 Å². The number of nitrogens with zero attached hydrogens (tertiary/aromatic N) is 3. The van der Waals surface area contributed by atoms with Gasteiger partial charge in [-0.3, -0.25) is 4.98 Å². The molecule has 0 saturated heterocycles. The number of pyridine rings is 1. The number of aryl methyl sites for hydroxylation is 1. The Bertz CT molecular complexity index is 689. The molecule has 3 aromatic rings. The van der Waals surface area contributed by atoms with Crippen LogP contribution in [0, 0.1) is 6.92 Å². The Labute approximate surface area is 118 Å². The van der Waals surface area contributed by atoms with Crippen LogP contribution in [-0.2, 0) is 6.54 Å². The van der Waals surface area contributed by atoms with Crippen LogP contribution in [0.4, 0.5) is 5.69 Å². The molecule has 100 valence electrons. The quantitative estimate of drug-likeness (QED) is 0.787. The van der Waals surface area contributed by atoms with Crippen LogP contribution in [0.25, 0.3) is 5.69 Å². The second-order valence-electron chi connectivity index (χ2n) is 4.62. The van der Waals surface area contributed by atoms with E-state index in [-0.39, 0.29) is 0 Å². The molecule has 0 unspecified atom stereocenters. The molecule has 1 N–H and O–H groups in total. The molecule has 4 nitrogen and oxygen atoms in total. The fourth-order valence-corrected chi connectivity index (χ4v) is 2.16. The molecule has 0 fully saturated rings. The Kier molecular flexibility index (Phi) is 3.46. The Morgan fingerprint density at radius 3 is 2.80 bits per heavy atom. The number of aromatic nitrogens is 3. The van der Waals surface area contributed by atoms with Gasteiger partial charge in [-0.2, -0.15) is 5.10 Å². The lowest BCUT2D eigenvalue weighted by atomic mass is 10.1.